The Bertz CT molecular complexity index is 1370. The van der Waals surface area contributed by atoms with Gasteiger partial charge in [-0.2, -0.15) is 0 Å². The van der Waals surface area contributed by atoms with Gasteiger partial charge in [-0.15, -0.1) is 0 Å². The third-order valence-corrected chi connectivity index (χ3v) is 7.24. The van der Waals surface area contributed by atoms with Gasteiger partial charge in [0, 0.05) is 30.5 Å². The van der Waals surface area contributed by atoms with Crippen LogP contribution in [0.3, 0.4) is 0 Å². The molecule has 4 rings (SSSR count). The van der Waals surface area contributed by atoms with Crippen molar-refractivity contribution in [3.05, 3.63) is 119 Å². The molecule has 2 amide bonds. The maximum atomic E-state index is 13.9. The van der Waals surface area contributed by atoms with Crippen molar-refractivity contribution in [3.63, 3.8) is 0 Å². The average molecular weight is 527 g/mol. The smallest absolute Gasteiger partial charge is 0.243 e. The number of amides is 2. The zero-order valence-corrected chi connectivity index (χ0v) is 22.8. The van der Waals surface area contributed by atoms with Gasteiger partial charge in [-0.25, -0.2) is 0 Å². The largest absolute Gasteiger partial charge is 0.352 e. The molecule has 0 aliphatic rings. The number of nitrogens with zero attached hydrogens (tertiary/aromatic N) is 1. The van der Waals surface area contributed by atoms with Crippen LogP contribution in [0.1, 0.15) is 43.4 Å². The lowest BCUT2D eigenvalue weighted by atomic mass is 9.99. The van der Waals surface area contributed by atoms with Crippen molar-refractivity contribution in [1.82, 2.24) is 10.2 Å². The van der Waals surface area contributed by atoms with E-state index in [9.17, 15) is 9.59 Å². The maximum Gasteiger partial charge on any atom is 0.243 e. The molecule has 0 bridgehead atoms. The Labute approximate surface area is 230 Å². The molecule has 0 radical (unpaired) electrons. The summed E-state index contributed by atoms with van der Waals surface area (Å²) in [5, 5.41) is 6.04. The first kappa shape index (κ1) is 27.4. The minimum absolute atomic E-state index is 0.0135. The monoisotopic (exact) mass is 526 g/mol. The maximum absolute atomic E-state index is 13.9. The zero-order valence-electron chi connectivity index (χ0n) is 22.1. The van der Waals surface area contributed by atoms with Crippen LogP contribution in [0.2, 0.25) is 5.02 Å². The van der Waals surface area contributed by atoms with Crippen LogP contribution in [0.5, 0.6) is 0 Å². The van der Waals surface area contributed by atoms with Crippen molar-refractivity contribution in [1.29, 1.82) is 0 Å². The fraction of sp³-hybridized carbons (Fsp3) is 0.273. The fourth-order valence-electron chi connectivity index (χ4n) is 4.72. The molecular weight excluding hydrogens is 492 g/mol. The Kier molecular flexibility index (Phi) is 9.56. The Balaban J connectivity index is 1.65. The molecule has 2 atom stereocenters. The minimum atomic E-state index is -0.648. The van der Waals surface area contributed by atoms with Gasteiger partial charge in [0.2, 0.25) is 11.8 Å². The van der Waals surface area contributed by atoms with Crippen LogP contribution in [-0.4, -0.2) is 28.8 Å². The highest BCUT2D eigenvalue weighted by molar-refractivity contribution is 6.30. The van der Waals surface area contributed by atoms with E-state index in [0.717, 1.165) is 33.9 Å². The average Bonchev–Trinajstić information content (AvgIpc) is 2.94. The van der Waals surface area contributed by atoms with Crippen molar-refractivity contribution in [2.75, 3.05) is 0 Å². The number of hydrogen-bond acceptors (Lipinski definition) is 2. The summed E-state index contributed by atoms with van der Waals surface area (Å²) in [7, 11) is 0. The van der Waals surface area contributed by atoms with Crippen LogP contribution in [0, 0.1) is 0 Å². The molecule has 0 saturated heterocycles. The highest BCUT2D eigenvalue weighted by Gasteiger charge is 2.30. The van der Waals surface area contributed by atoms with Gasteiger partial charge in [0.1, 0.15) is 6.04 Å². The van der Waals surface area contributed by atoms with Crippen LogP contribution < -0.4 is 5.32 Å². The number of benzene rings is 4. The number of rotatable bonds is 11. The Hall–Kier alpha value is -3.63. The first-order chi connectivity index (χ1) is 18.4. The van der Waals surface area contributed by atoms with Crippen molar-refractivity contribution >= 4 is 34.2 Å². The van der Waals surface area contributed by atoms with Gasteiger partial charge >= 0.3 is 0 Å². The highest BCUT2D eigenvalue weighted by Crippen LogP contribution is 2.22. The van der Waals surface area contributed by atoms with Crippen molar-refractivity contribution in [2.45, 2.75) is 58.2 Å². The van der Waals surface area contributed by atoms with Crippen LogP contribution in [0.15, 0.2) is 97.1 Å². The standard InChI is InChI=1S/C33H35ClN2O2/c1-3-24(2)35-33(38)31(22-25-11-5-4-6-12-25)36(23-26-13-9-17-29(34)21-26)32(37)20-19-28-16-10-15-27-14-7-8-18-30(27)28/h4-18,21,24,31H,3,19-20,22-23H2,1-2H3,(H,35,38). The van der Waals surface area contributed by atoms with E-state index in [-0.39, 0.29) is 17.9 Å². The predicted molar refractivity (Wildman–Crippen MR) is 156 cm³/mol. The van der Waals surface area contributed by atoms with Gasteiger partial charge < -0.3 is 10.2 Å². The van der Waals surface area contributed by atoms with Crippen LogP contribution in [0.25, 0.3) is 10.8 Å². The van der Waals surface area contributed by atoms with E-state index in [1.165, 1.54) is 0 Å². The lowest BCUT2D eigenvalue weighted by molar-refractivity contribution is -0.141. The van der Waals surface area contributed by atoms with Gasteiger partial charge in [0.05, 0.1) is 0 Å². The Morgan fingerprint density at radius 2 is 1.55 bits per heavy atom. The predicted octanol–water partition coefficient (Wildman–Crippen LogP) is 6.98. The van der Waals surface area contributed by atoms with Gasteiger partial charge in [-0.05, 0) is 59.4 Å². The lowest BCUT2D eigenvalue weighted by Gasteiger charge is -2.32. The van der Waals surface area contributed by atoms with E-state index in [1.54, 1.807) is 4.90 Å². The molecule has 0 saturated carbocycles. The molecule has 0 aliphatic heterocycles. The van der Waals surface area contributed by atoms with Crippen LogP contribution >= 0.6 is 11.6 Å². The quantitative estimate of drug-likeness (QED) is 0.229. The number of carbonyl (C=O) groups excluding carboxylic acids is 2. The van der Waals surface area contributed by atoms with Crippen molar-refractivity contribution < 1.29 is 9.59 Å². The topological polar surface area (TPSA) is 49.4 Å². The molecule has 0 fully saturated rings. The molecule has 1 N–H and O–H groups in total. The molecular formula is C33H35ClN2O2. The molecule has 4 aromatic carbocycles. The SMILES string of the molecule is CCC(C)NC(=O)C(Cc1ccccc1)N(Cc1cccc(Cl)c1)C(=O)CCc1cccc2ccccc12. The van der Waals surface area contributed by atoms with Crippen LogP contribution in [0.4, 0.5) is 0 Å². The lowest BCUT2D eigenvalue weighted by Crippen LogP contribution is -2.52. The summed E-state index contributed by atoms with van der Waals surface area (Å²) in [6.45, 7) is 4.33. The number of nitrogens with one attached hydrogen (secondary N) is 1. The van der Waals surface area contributed by atoms with E-state index in [2.05, 4.69) is 29.6 Å². The molecule has 0 aliphatic carbocycles. The number of hydrogen-bond donors (Lipinski definition) is 1. The van der Waals surface area contributed by atoms with Gasteiger partial charge in [0.25, 0.3) is 0 Å². The Morgan fingerprint density at radius 1 is 0.868 bits per heavy atom. The third-order valence-electron chi connectivity index (χ3n) is 7.00. The summed E-state index contributed by atoms with van der Waals surface area (Å²) in [5.74, 6) is -0.193. The number of fused-ring (bicyclic) bond motifs is 1. The van der Waals surface area contributed by atoms with E-state index in [1.807, 2.05) is 86.6 Å². The molecule has 0 spiro atoms. The molecule has 0 heterocycles. The van der Waals surface area contributed by atoms with Crippen molar-refractivity contribution in [3.8, 4) is 0 Å². The zero-order chi connectivity index (χ0) is 26.9. The number of halogens is 1. The molecule has 4 nitrogen and oxygen atoms in total. The van der Waals surface area contributed by atoms with Crippen LogP contribution in [-0.2, 0) is 29.0 Å². The first-order valence-corrected chi connectivity index (χ1v) is 13.7. The summed E-state index contributed by atoms with van der Waals surface area (Å²) < 4.78 is 0. The molecule has 4 aromatic rings. The summed E-state index contributed by atoms with van der Waals surface area (Å²) >= 11 is 6.28. The first-order valence-electron chi connectivity index (χ1n) is 13.3. The van der Waals surface area contributed by atoms with Gasteiger partial charge in [-0.3, -0.25) is 9.59 Å². The van der Waals surface area contributed by atoms with E-state index >= 15 is 0 Å². The summed E-state index contributed by atoms with van der Waals surface area (Å²) in [4.78, 5) is 29.3. The van der Waals surface area contributed by atoms with E-state index in [4.69, 9.17) is 11.6 Å². The molecule has 2 unspecified atom stereocenters. The highest BCUT2D eigenvalue weighted by atomic mass is 35.5. The van der Waals surface area contributed by atoms with E-state index in [0.29, 0.717) is 30.8 Å². The minimum Gasteiger partial charge on any atom is -0.352 e. The van der Waals surface area contributed by atoms with Crippen molar-refractivity contribution in [2.24, 2.45) is 0 Å². The second-order valence-electron chi connectivity index (χ2n) is 9.81. The second-order valence-corrected chi connectivity index (χ2v) is 10.2. The number of aryl methyl sites for hydroxylation is 1. The molecule has 5 heteroatoms. The van der Waals surface area contributed by atoms with Gasteiger partial charge in [-0.1, -0.05) is 103 Å². The third kappa shape index (κ3) is 7.23. The molecule has 38 heavy (non-hydrogen) atoms. The Morgan fingerprint density at radius 3 is 2.32 bits per heavy atom. The molecule has 0 aromatic heterocycles. The van der Waals surface area contributed by atoms with E-state index < -0.39 is 6.04 Å². The number of carbonyl (C=O) groups is 2. The summed E-state index contributed by atoms with van der Waals surface area (Å²) in [5.41, 5.74) is 3.03. The molecule has 196 valence electrons. The second kappa shape index (κ2) is 13.3. The normalized spacial score (nSPS) is 12.6. The van der Waals surface area contributed by atoms with Gasteiger partial charge in [0.15, 0.2) is 0 Å². The summed E-state index contributed by atoms with van der Waals surface area (Å²) in [6, 6.07) is 31.2. The summed E-state index contributed by atoms with van der Waals surface area (Å²) in [6.07, 6.45) is 2.14. The fourth-order valence-corrected chi connectivity index (χ4v) is 4.94.